The van der Waals surface area contributed by atoms with Gasteiger partial charge in [-0.3, -0.25) is 0 Å². The highest BCUT2D eigenvalue weighted by Gasteiger charge is 2.48. The van der Waals surface area contributed by atoms with Gasteiger partial charge in [0.1, 0.15) is 12.2 Å². The molecule has 1 heterocycles. The first-order chi connectivity index (χ1) is 16.4. The molecule has 3 atom stereocenters. The summed E-state index contributed by atoms with van der Waals surface area (Å²) in [6.07, 6.45) is -1.89. The van der Waals surface area contributed by atoms with Crippen molar-refractivity contribution >= 4 is 17.9 Å². The van der Waals surface area contributed by atoms with Gasteiger partial charge in [-0.1, -0.05) is 54.6 Å². The summed E-state index contributed by atoms with van der Waals surface area (Å²) in [5, 5.41) is 0. The molecule has 7 nitrogen and oxygen atoms in total. The quantitative estimate of drug-likeness (QED) is 0.381. The second-order valence-electron chi connectivity index (χ2n) is 8.16. The Labute approximate surface area is 197 Å². The van der Waals surface area contributed by atoms with Crippen molar-refractivity contribution in [2.45, 2.75) is 31.3 Å². The highest BCUT2D eigenvalue weighted by molar-refractivity contribution is 5.90. The number of carbonyl (C=O) groups excluding carboxylic acids is 3. The lowest BCUT2D eigenvalue weighted by molar-refractivity contribution is -0.168. The maximum atomic E-state index is 12.7. The molecule has 0 amide bonds. The molecule has 0 saturated carbocycles. The first-order valence-electron chi connectivity index (χ1n) is 10.9. The second kappa shape index (κ2) is 10.3. The van der Waals surface area contributed by atoms with E-state index in [1.807, 2.05) is 0 Å². The summed E-state index contributed by atoms with van der Waals surface area (Å²) >= 11 is 0. The number of ether oxygens (including phenoxy) is 4. The van der Waals surface area contributed by atoms with Gasteiger partial charge in [0, 0.05) is 6.42 Å². The van der Waals surface area contributed by atoms with E-state index in [1.165, 1.54) is 0 Å². The van der Waals surface area contributed by atoms with E-state index in [9.17, 15) is 14.4 Å². The predicted molar refractivity (Wildman–Crippen MR) is 122 cm³/mol. The minimum atomic E-state index is -1.17. The summed E-state index contributed by atoms with van der Waals surface area (Å²) in [5.74, 6) is -1.69. The van der Waals surface area contributed by atoms with Gasteiger partial charge in [-0.25, -0.2) is 14.4 Å². The lowest BCUT2D eigenvalue weighted by Crippen LogP contribution is -2.33. The van der Waals surface area contributed by atoms with E-state index >= 15 is 0 Å². The zero-order valence-corrected chi connectivity index (χ0v) is 18.6. The standard InChI is InChI=1S/C27H24O7/c1-27(18-31-23(28)19-11-5-2-6-12-19)17-22(32-24(29)20-13-7-3-8-14-20)26(34-27)33-25(30)21-15-9-4-10-16-21/h2-16,22,26H,17-18H2,1H3. The second-order valence-corrected chi connectivity index (χ2v) is 8.16. The third-order valence-corrected chi connectivity index (χ3v) is 5.36. The summed E-state index contributed by atoms with van der Waals surface area (Å²) < 4.78 is 22.6. The van der Waals surface area contributed by atoms with Crippen LogP contribution in [0.3, 0.4) is 0 Å². The Hall–Kier alpha value is -3.97. The fourth-order valence-electron chi connectivity index (χ4n) is 3.62. The van der Waals surface area contributed by atoms with Crippen LogP contribution in [0.1, 0.15) is 44.4 Å². The van der Waals surface area contributed by atoms with Crippen molar-refractivity contribution in [3.05, 3.63) is 108 Å². The van der Waals surface area contributed by atoms with Crippen LogP contribution in [0.25, 0.3) is 0 Å². The maximum Gasteiger partial charge on any atom is 0.340 e. The van der Waals surface area contributed by atoms with Crippen molar-refractivity contribution in [2.24, 2.45) is 0 Å². The lowest BCUT2D eigenvalue weighted by Gasteiger charge is -2.23. The van der Waals surface area contributed by atoms with Gasteiger partial charge in [-0.2, -0.15) is 0 Å². The average Bonchev–Trinajstić information content (AvgIpc) is 3.18. The van der Waals surface area contributed by atoms with Crippen LogP contribution in [0.2, 0.25) is 0 Å². The molecule has 1 aliphatic heterocycles. The van der Waals surface area contributed by atoms with Crippen molar-refractivity contribution < 1.29 is 33.3 Å². The van der Waals surface area contributed by atoms with Crippen LogP contribution in [-0.2, 0) is 18.9 Å². The van der Waals surface area contributed by atoms with Gasteiger partial charge < -0.3 is 18.9 Å². The molecule has 0 radical (unpaired) electrons. The third kappa shape index (κ3) is 5.68. The van der Waals surface area contributed by atoms with E-state index in [2.05, 4.69) is 0 Å². The van der Waals surface area contributed by atoms with Gasteiger partial charge in [0.2, 0.25) is 6.29 Å². The molecule has 3 unspecified atom stereocenters. The van der Waals surface area contributed by atoms with Gasteiger partial charge in [0.05, 0.1) is 16.7 Å². The molecule has 3 aromatic rings. The van der Waals surface area contributed by atoms with Crippen molar-refractivity contribution in [3.8, 4) is 0 Å². The van der Waals surface area contributed by atoms with Gasteiger partial charge in [-0.15, -0.1) is 0 Å². The fourth-order valence-corrected chi connectivity index (χ4v) is 3.62. The molecule has 174 valence electrons. The number of hydrogen-bond donors (Lipinski definition) is 0. The van der Waals surface area contributed by atoms with Crippen LogP contribution in [0.4, 0.5) is 0 Å². The molecular weight excluding hydrogens is 436 g/mol. The predicted octanol–water partition coefficient (Wildman–Crippen LogP) is 4.43. The minimum Gasteiger partial charge on any atom is -0.459 e. The first kappa shape index (κ1) is 23.2. The van der Waals surface area contributed by atoms with E-state index in [1.54, 1.807) is 97.9 Å². The Morgan fingerprint density at radius 1 is 0.735 bits per heavy atom. The van der Waals surface area contributed by atoms with Crippen molar-refractivity contribution in [3.63, 3.8) is 0 Å². The normalized spacial score (nSPS) is 21.4. The molecule has 0 N–H and O–H groups in total. The van der Waals surface area contributed by atoms with Crippen LogP contribution in [0.5, 0.6) is 0 Å². The summed E-state index contributed by atoms with van der Waals surface area (Å²) in [6.45, 7) is 1.60. The first-order valence-corrected chi connectivity index (χ1v) is 10.9. The molecule has 0 aromatic heterocycles. The van der Waals surface area contributed by atoms with E-state index in [0.717, 1.165) is 0 Å². The summed E-state index contributed by atoms with van der Waals surface area (Å²) in [6, 6.07) is 25.5. The van der Waals surface area contributed by atoms with Gasteiger partial charge >= 0.3 is 17.9 Å². The Morgan fingerprint density at radius 2 is 1.18 bits per heavy atom. The largest absolute Gasteiger partial charge is 0.459 e. The van der Waals surface area contributed by atoms with Gasteiger partial charge in [-0.05, 0) is 43.3 Å². The molecular formula is C27H24O7. The number of benzene rings is 3. The van der Waals surface area contributed by atoms with Crippen molar-refractivity contribution in [1.82, 2.24) is 0 Å². The Morgan fingerprint density at radius 3 is 1.68 bits per heavy atom. The van der Waals surface area contributed by atoms with E-state index < -0.39 is 35.9 Å². The lowest BCUT2D eigenvalue weighted by atomic mass is 10.0. The molecule has 4 rings (SSSR count). The number of rotatable bonds is 7. The average molecular weight is 460 g/mol. The summed E-state index contributed by atoms with van der Waals surface area (Å²) in [4.78, 5) is 37.7. The SMILES string of the molecule is CC1(COC(=O)c2ccccc2)CC(OC(=O)c2ccccc2)C(OC(=O)c2ccccc2)O1. The summed E-state index contributed by atoms with van der Waals surface area (Å²) in [7, 11) is 0. The molecule has 0 aliphatic carbocycles. The molecule has 1 saturated heterocycles. The molecule has 0 bridgehead atoms. The van der Waals surface area contributed by atoms with Crippen LogP contribution in [0.15, 0.2) is 91.0 Å². The monoisotopic (exact) mass is 460 g/mol. The third-order valence-electron chi connectivity index (χ3n) is 5.36. The highest BCUT2D eigenvalue weighted by Crippen LogP contribution is 2.34. The molecule has 3 aromatic carbocycles. The van der Waals surface area contributed by atoms with Crippen molar-refractivity contribution in [1.29, 1.82) is 0 Å². The molecule has 34 heavy (non-hydrogen) atoms. The number of esters is 3. The van der Waals surface area contributed by atoms with E-state index in [4.69, 9.17) is 18.9 Å². The maximum absolute atomic E-state index is 12.7. The minimum absolute atomic E-state index is 0.112. The van der Waals surface area contributed by atoms with E-state index in [0.29, 0.717) is 16.7 Å². The molecule has 0 spiro atoms. The smallest absolute Gasteiger partial charge is 0.340 e. The zero-order chi connectivity index (χ0) is 24.0. The number of carbonyl (C=O) groups is 3. The van der Waals surface area contributed by atoms with Crippen LogP contribution >= 0.6 is 0 Å². The zero-order valence-electron chi connectivity index (χ0n) is 18.6. The van der Waals surface area contributed by atoms with Crippen LogP contribution in [0, 0.1) is 0 Å². The highest BCUT2D eigenvalue weighted by atomic mass is 16.7. The van der Waals surface area contributed by atoms with Crippen LogP contribution < -0.4 is 0 Å². The Bertz CT molecular complexity index is 1070. The van der Waals surface area contributed by atoms with Crippen LogP contribution in [-0.4, -0.2) is 42.5 Å². The van der Waals surface area contributed by atoms with E-state index in [-0.39, 0.29) is 13.0 Å². The topological polar surface area (TPSA) is 88.1 Å². The molecule has 1 fully saturated rings. The number of hydrogen-bond acceptors (Lipinski definition) is 7. The van der Waals surface area contributed by atoms with Crippen molar-refractivity contribution in [2.75, 3.05) is 6.61 Å². The van der Waals surface area contributed by atoms with Gasteiger partial charge in [0.25, 0.3) is 0 Å². The van der Waals surface area contributed by atoms with Gasteiger partial charge in [0.15, 0.2) is 6.10 Å². The molecule has 7 heteroatoms. The fraction of sp³-hybridized carbons (Fsp3) is 0.222. The Balaban J connectivity index is 1.47. The Kier molecular flexibility index (Phi) is 7.04. The molecule has 1 aliphatic rings. The summed E-state index contributed by atoms with van der Waals surface area (Å²) in [5.41, 5.74) is 0.0690.